The number of hydrogen-bond acceptors (Lipinski definition) is 4. The van der Waals surface area contributed by atoms with Crippen LogP contribution in [0.4, 0.5) is 0 Å². The number of rotatable bonds is 9. The van der Waals surface area contributed by atoms with E-state index in [1.165, 1.54) is 4.90 Å². The van der Waals surface area contributed by atoms with Crippen molar-refractivity contribution in [3.8, 4) is 0 Å². The van der Waals surface area contributed by atoms with Gasteiger partial charge in [-0.3, -0.25) is 14.4 Å². The number of carbonyl (C=O) groups is 3. The van der Waals surface area contributed by atoms with Gasteiger partial charge in [0.05, 0.1) is 12.3 Å². The SMILES string of the molecule is CCC(SCC(=O)N(CC)CC(=O)NC(C)C)C(=O)O. The van der Waals surface area contributed by atoms with Gasteiger partial charge in [0.25, 0.3) is 0 Å². The highest BCUT2D eigenvalue weighted by Crippen LogP contribution is 2.15. The fourth-order valence-corrected chi connectivity index (χ4v) is 2.45. The van der Waals surface area contributed by atoms with Gasteiger partial charge in [0.1, 0.15) is 5.25 Å². The van der Waals surface area contributed by atoms with Crippen LogP contribution in [0.15, 0.2) is 0 Å². The van der Waals surface area contributed by atoms with E-state index in [9.17, 15) is 14.4 Å². The Balaban J connectivity index is 4.33. The van der Waals surface area contributed by atoms with Gasteiger partial charge in [0.2, 0.25) is 11.8 Å². The van der Waals surface area contributed by atoms with Gasteiger partial charge in [-0.1, -0.05) is 6.92 Å². The van der Waals surface area contributed by atoms with Gasteiger partial charge >= 0.3 is 5.97 Å². The lowest BCUT2D eigenvalue weighted by molar-refractivity contribution is -0.136. The van der Waals surface area contributed by atoms with E-state index in [1.54, 1.807) is 13.8 Å². The van der Waals surface area contributed by atoms with Crippen LogP contribution in [0.3, 0.4) is 0 Å². The molecule has 0 radical (unpaired) electrons. The molecule has 2 amide bonds. The standard InChI is InChI=1S/C13H24N2O4S/c1-5-10(13(18)19)20-8-12(17)15(6-2)7-11(16)14-9(3)4/h9-10H,5-8H2,1-4H3,(H,14,16)(H,18,19). The van der Waals surface area contributed by atoms with Crippen LogP contribution in [0.25, 0.3) is 0 Å². The van der Waals surface area contributed by atoms with Gasteiger partial charge in [-0.15, -0.1) is 11.8 Å². The van der Waals surface area contributed by atoms with Crippen molar-refractivity contribution in [1.29, 1.82) is 0 Å². The molecule has 0 aromatic carbocycles. The Labute approximate surface area is 124 Å². The minimum atomic E-state index is -0.911. The Hall–Kier alpha value is -1.24. The number of carboxylic acid groups (broad SMARTS) is 1. The monoisotopic (exact) mass is 304 g/mol. The van der Waals surface area contributed by atoms with Crippen molar-refractivity contribution in [2.24, 2.45) is 0 Å². The van der Waals surface area contributed by atoms with Crippen molar-refractivity contribution in [2.75, 3.05) is 18.8 Å². The number of likely N-dealkylation sites (N-methyl/N-ethyl adjacent to an activating group) is 1. The lowest BCUT2D eigenvalue weighted by Gasteiger charge is -2.21. The van der Waals surface area contributed by atoms with Crippen molar-refractivity contribution in [1.82, 2.24) is 10.2 Å². The zero-order chi connectivity index (χ0) is 15.7. The second kappa shape index (κ2) is 9.63. The second-order valence-electron chi connectivity index (χ2n) is 4.68. The van der Waals surface area contributed by atoms with Crippen molar-refractivity contribution >= 4 is 29.5 Å². The summed E-state index contributed by atoms with van der Waals surface area (Å²) in [6, 6.07) is 0.0298. The molecule has 0 saturated heterocycles. The maximum absolute atomic E-state index is 12.0. The molecule has 0 spiro atoms. The van der Waals surface area contributed by atoms with Gasteiger partial charge in [-0.2, -0.15) is 0 Å². The number of hydrogen-bond donors (Lipinski definition) is 2. The lowest BCUT2D eigenvalue weighted by atomic mass is 10.3. The van der Waals surface area contributed by atoms with Crippen LogP contribution in [-0.2, 0) is 14.4 Å². The third-order valence-corrected chi connectivity index (χ3v) is 3.92. The molecule has 7 heteroatoms. The minimum absolute atomic E-state index is 0.0118. The predicted octanol–water partition coefficient (Wildman–Crippen LogP) is 0.956. The second-order valence-corrected chi connectivity index (χ2v) is 5.87. The van der Waals surface area contributed by atoms with Crippen LogP contribution in [0, 0.1) is 0 Å². The van der Waals surface area contributed by atoms with Crippen molar-refractivity contribution in [3.05, 3.63) is 0 Å². The zero-order valence-electron chi connectivity index (χ0n) is 12.5. The first-order chi connectivity index (χ1) is 9.31. The maximum atomic E-state index is 12.0. The fourth-order valence-electron chi connectivity index (χ4n) is 1.54. The fraction of sp³-hybridized carbons (Fsp3) is 0.769. The Bertz CT molecular complexity index is 347. The van der Waals surface area contributed by atoms with Crippen LogP contribution in [-0.4, -0.2) is 57.9 Å². The summed E-state index contributed by atoms with van der Waals surface area (Å²) in [6.07, 6.45) is 0.466. The third-order valence-electron chi connectivity index (χ3n) is 2.57. The third kappa shape index (κ3) is 7.37. The average Bonchev–Trinajstić information content (AvgIpc) is 2.35. The Morgan fingerprint density at radius 3 is 2.25 bits per heavy atom. The molecule has 0 aliphatic carbocycles. The molecule has 0 fully saturated rings. The molecule has 0 aromatic heterocycles. The zero-order valence-corrected chi connectivity index (χ0v) is 13.3. The summed E-state index contributed by atoms with van der Waals surface area (Å²) >= 11 is 1.10. The quantitative estimate of drug-likeness (QED) is 0.662. The Morgan fingerprint density at radius 1 is 1.25 bits per heavy atom. The van der Waals surface area contributed by atoms with Crippen LogP contribution in [0.5, 0.6) is 0 Å². The minimum Gasteiger partial charge on any atom is -0.480 e. The topological polar surface area (TPSA) is 86.7 Å². The maximum Gasteiger partial charge on any atom is 0.316 e. The van der Waals surface area contributed by atoms with E-state index in [0.717, 1.165) is 11.8 Å². The summed E-state index contributed by atoms with van der Waals surface area (Å²) in [4.78, 5) is 35.9. The number of nitrogens with zero attached hydrogens (tertiary/aromatic N) is 1. The molecule has 20 heavy (non-hydrogen) atoms. The number of amides is 2. The van der Waals surface area contributed by atoms with Gasteiger partial charge in [-0.05, 0) is 27.2 Å². The first-order valence-electron chi connectivity index (χ1n) is 6.73. The molecule has 0 bridgehead atoms. The Morgan fingerprint density at radius 2 is 1.85 bits per heavy atom. The molecule has 116 valence electrons. The first-order valence-corrected chi connectivity index (χ1v) is 7.78. The molecular weight excluding hydrogens is 280 g/mol. The number of thioether (sulfide) groups is 1. The van der Waals surface area contributed by atoms with E-state index in [4.69, 9.17) is 5.11 Å². The molecule has 6 nitrogen and oxygen atoms in total. The van der Waals surface area contributed by atoms with Crippen LogP contribution in [0.2, 0.25) is 0 Å². The molecule has 0 aliphatic rings. The summed E-state index contributed by atoms with van der Waals surface area (Å²) in [5, 5.41) is 11.1. The molecule has 1 unspecified atom stereocenters. The van der Waals surface area contributed by atoms with Crippen LogP contribution in [0.1, 0.15) is 34.1 Å². The van der Waals surface area contributed by atoms with E-state index < -0.39 is 11.2 Å². The molecule has 1 atom stereocenters. The molecule has 0 aromatic rings. The van der Waals surface area contributed by atoms with E-state index in [-0.39, 0.29) is 30.2 Å². The normalized spacial score (nSPS) is 12.1. The van der Waals surface area contributed by atoms with Crippen molar-refractivity contribution in [3.63, 3.8) is 0 Å². The number of nitrogens with one attached hydrogen (secondary N) is 1. The van der Waals surface area contributed by atoms with E-state index in [1.807, 2.05) is 13.8 Å². The first kappa shape index (κ1) is 18.8. The Kier molecular flexibility index (Phi) is 9.03. The van der Waals surface area contributed by atoms with Crippen molar-refractivity contribution in [2.45, 2.75) is 45.4 Å². The van der Waals surface area contributed by atoms with Gasteiger partial charge < -0.3 is 15.3 Å². The van der Waals surface area contributed by atoms with Crippen molar-refractivity contribution < 1.29 is 19.5 Å². The van der Waals surface area contributed by atoms with Crippen LogP contribution < -0.4 is 5.32 Å². The average molecular weight is 304 g/mol. The summed E-state index contributed by atoms with van der Waals surface area (Å²) in [7, 11) is 0. The number of aliphatic carboxylic acids is 1. The predicted molar refractivity (Wildman–Crippen MR) is 79.7 cm³/mol. The van der Waals surface area contributed by atoms with E-state index >= 15 is 0 Å². The molecule has 0 heterocycles. The highest BCUT2D eigenvalue weighted by molar-refractivity contribution is 8.01. The van der Waals surface area contributed by atoms with E-state index in [2.05, 4.69) is 5.32 Å². The van der Waals surface area contributed by atoms with Crippen LogP contribution >= 0.6 is 11.8 Å². The van der Waals surface area contributed by atoms with Gasteiger partial charge in [0.15, 0.2) is 0 Å². The number of carboxylic acids is 1. The highest BCUT2D eigenvalue weighted by atomic mass is 32.2. The summed E-state index contributed by atoms with van der Waals surface area (Å²) in [6.45, 7) is 7.70. The smallest absolute Gasteiger partial charge is 0.316 e. The lowest BCUT2D eigenvalue weighted by Crippen LogP contribution is -2.43. The molecule has 0 rings (SSSR count). The van der Waals surface area contributed by atoms with Gasteiger partial charge in [0, 0.05) is 12.6 Å². The molecule has 2 N–H and O–H groups in total. The van der Waals surface area contributed by atoms with E-state index in [0.29, 0.717) is 13.0 Å². The van der Waals surface area contributed by atoms with Gasteiger partial charge in [-0.25, -0.2) is 0 Å². The largest absolute Gasteiger partial charge is 0.480 e. The molecular formula is C13H24N2O4S. The molecule has 0 saturated carbocycles. The summed E-state index contributed by atoms with van der Waals surface area (Å²) in [5.41, 5.74) is 0. The number of carbonyl (C=O) groups excluding carboxylic acids is 2. The molecule has 0 aliphatic heterocycles. The highest BCUT2D eigenvalue weighted by Gasteiger charge is 2.20. The summed E-state index contributed by atoms with van der Waals surface area (Å²) < 4.78 is 0. The summed E-state index contributed by atoms with van der Waals surface area (Å²) in [5.74, 6) is -1.25.